The highest BCUT2D eigenvalue weighted by atomic mass is 16.3. The summed E-state index contributed by atoms with van der Waals surface area (Å²) in [6.07, 6.45) is 0.572. The van der Waals surface area contributed by atoms with E-state index in [1.165, 1.54) is 0 Å². The molecule has 0 spiro atoms. The largest absolute Gasteiger partial charge is 0.395 e. The van der Waals surface area contributed by atoms with Crippen LogP contribution in [0.15, 0.2) is 0 Å². The molecule has 11 heavy (non-hydrogen) atoms. The van der Waals surface area contributed by atoms with Crippen molar-refractivity contribution >= 4 is 5.78 Å². The number of ketones is 1. The zero-order chi connectivity index (χ0) is 8.85. The van der Waals surface area contributed by atoms with Crippen molar-refractivity contribution in [2.24, 2.45) is 0 Å². The fourth-order valence-electron chi connectivity index (χ4n) is 0.685. The molecule has 0 aromatic heterocycles. The fourth-order valence-corrected chi connectivity index (χ4v) is 0.685. The Morgan fingerprint density at radius 1 is 1.64 bits per heavy atom. The van der Waals surface area contributed by atoms with Gasteiger partial charge in [0.2, 0.25) is 0 Å². The molecule has 0 saturated carbocycles. The number of carbonyl (C=O) groups is 1. The van der Waals surface area contributed by atoms with Crippen molar-refractivity contribution in [3.8, 4) is 0 Å². The van der Waals surface area contributed by atoms with E-state index < -0.39 is 0 Å². The monoisotopic (exact) mass is 159 g/mol. The van der Waals surface area contributed by atoms with Crippen LogP contribution in [0.3, 0.4) is 0 Å². The van der Waals surface area contributed by atoms with Crippen molar-refractivity contribution in [3.63, 3.8) is 0 Å². The minimum atomic E-state index is 0.0745. The predicted octanol–water partition coefficient (Wildman–Crippen LogP) is 0.278. The number of aliphatic hydroxyl groups is 1. The molecule has 1 unspecified atom stereocenters. The number of likely N-dealkylation sites (N-methyl/N-ethyl adjacent to an activating group) is 1. The predicted molar refractivity (Wildman–Crippen MR) is 44.5 cm³/mol. The molecule has 1 N–H and O–H groups in total. The van der Waals surface area contributed by atoms with Gasteiger partial charge in [-0.2, -0.15) is 0 Å². The summed E-state index contributed by atoms with van der Waals surface area (Å²) < 4.78 is 0. The first-order valence-electron chi connectivity index (χ1n) is 3.94. The standard InChI is InChI=1S/C8H17NO2/c1-4-8(11)5-9(3)7(2)6-10/h7,10H,4-6H2,1-3H3. The van der Waals surface area contributed by atoms with Crippen LogP contribution >= 0.6 is 0 Å². The second-order valence-corrected chi connectivity index (χ2v) is 2.84. The van der Waals surface area contributed by atoms with Crippen LogP contribution in [0, 0.1) is 0 Å². The quantitative estimate of drug-likeness (QED) is 0.626. The van der Waals surface area contributed by atoms with Crippen LogP contribution in [-0.2, 0) is 4.79 Å². The van der Waals surface area contributed by atoms with Crippen LogP contribution < -0.4 is 0 Å². The summed E-state index contributed by atoms with van der Waals surface area (Å²) in [5, 5.41) is 8.74. The molecule has 0 bridgehead atoms. The number of aliphatic hydroxyl groups excluding tert-OH is 1. The molecule has 0 aliphatic heterocycles. The van der Waals surface area contributed by atoms with Crippen LogP contribution in [-0.4, -0.2) is 42.0 Å². The Hall–Kier alpha value is -0.410. The number of carbonyl (C=O) groups excluding carboxylic acids is 1. The van der Waals surface area contributed by atoms with Gasteiger partial charge >= 0.3 is 0 Å². The third-order valence-electron chi connectivity index (χ3n) is 1.84. The molecule has 3 nitrogen and oxygen atoms in total. The molecule has 0 fully saturated rings. The van der Waals surface area contributed by atoms with E-state index in [4.69, 9.17) is 5.11 Å². The highest BCUT2D eigenvalue weighted by molar-refractivity contribution is 5.80. The second-order valence-electron chi connectivity index (χ2n) is 2.84. The van der Waals surface area contributed by atoms with E-state index in [1.807, 2.05) is 25.8 Å². The molecule has 0 aliphatic carbocycles. The summed E-state index contributed by atoms with van der Waals surface area (Å²) in [5.41, 5.74) is 0. The molecule has 0 aromatic carbocycles. The van der Waals surface area contributed by atoms with Gasteiger partial charge < -0.3 is 5.11 Å². The Bertz CT molecular complexity index is 125. The smallest absolute Gasteiger partial charge is 0.146 e. The molecule has 0 aromatic rings. The minimum Gasteiger partial charge on any atom is -0.395 e. The number of hydrogen-bond acceptors (Lipinski definition) is 3. The molecule has 0 saturated heterocycles. The van der Waals surface area contributed by atoms with Gasteiger partial charge in [0.25, 0.3) is 0 Å². The van der Waals surface area contributed by atoms with Gasteiger partial charge in [-0.1, -0.05) is 6.92 Å². The normalized spacial score (nSPS) is 13.5. The van der Waals surface area contributed by atoms with Gasteiger partial charge in [0.1, 0.15) is 5.78 Å². The van der Waals surface area contributed by atoms with Crippen LogP contribution in [0.2, 0.25) is 0 Å². The third-order valence-corrected chi connectivity index (χ3v) is 1.84. The molecule has 0 radical (unpaired) electrons. The number of rotatable bonds is 5. The maximum Gasteiger partial charge on any atom is 0.146 e. The Balaban J connectivity index is 3.67. The average Bonchev–Trinajstić information content (AvgIpc) is 2.02. The van der Waals surface area contributed by atoms with Gasteiger partial charge in [0, 0.05) is 12.5 Å². The lowest BCUT2D eigenvalue weighted by Crippen LogP contribution is -2.35. The lowest BCUT2D eigenvalue weighted by molar-refractivity contribution is -0.120. The molecular formula is C8H17NO2. The summed E-state index contributed by atoms with van der Waals surface area (Å²) in [4.78, 5) is 12.8. The summed E-state index contributed by atoms with van der Waals surface area (Å²) in [6, 6.07) is 0.0745. The number of hydrogen-bond donors (Lipinski definition) is 1. The van der Waals surface area contributed by atoms with Crippen LogP contribution in [0.4, 0.5) is 0 Å². The highest BCUT2D eigenvalue weighted by Gasteiger charge is 2.09. The first-order chi connectivity index (χ1) is 5.11. The Labute approximate surface area is 68.0 Å². The van der Waals surface area contributed by atoms with E-state index >= 15 is 0 Å². The van der Waals surface area contributed by atoms with Crippen molar-refractivity contribution in [2.45, 2.75) is 26.3 Å². The lowest BCUT2D eigenvalue weighted by atomic mass is 10.2. The van der Waals surface area contributed by atoms with Crippen molar-refractivity contribution in [3.05, 3.63) is 0 Å². The van der Waals surface area contributed by atoms with Gasteiger partial charge in [-0.05, 0) is 14.0 Å². The maximum absolute atomic E-state index is 10.9. The van der Waals surface area contributed by atoms with E-state index in [-0.39, 0.29) is 18.4 Å². The van der Waals surface area contributed by atoms with Crippen molar-refractivity contribution < 1.29 is 9.90 Å². The van der Waals surface area contributed by atoms with E-state index in [1.54, 1.807) is 0 Å². The fraction of sp³-hybridized carbons (Fsp3) is 0.875. The Morgan fingerprint density at radius 2 is 2.18 bits per heavy atom. The van der Waals surface area contributed by atoms with Crippen molar-refractivity contribution in [1.29, 1.82) is 0 Å². The molecule has 1 atom stereocenters. The van der Waals surface area contributed by atoms with Crippen molar-refractivity contribution in [1.82, 2.24) is 4.90 Å². The third kappa shape index (κ3) is 4.11. The van der Waals surface area contributed by atoms with Gasteiger partial charge in [-0.15, -0.1) is 0 Å². The Morgan fingerprint density at radius 3 is 2.55 bits per heavy atom. The maximum atomic E-state index is 10.9. The van der Waals surface area contributed by atoms with Crippen LogP contribution in [0.1, 0.15) is 20.3 Å². The van der Waals surface area contributed by atoms with E-state index in [0.717, 1.165) is 0 Å². The SMILES string of the molecule is CCC(=O)CN(C)C(C)CO. The van der Waals surface area contributed by atoms with E-state index in [2.05, 4.69) is 0 Å². The van der Waals surface area contributed by atoms with Crippen LogP contribution in [0.5, 0.6) is 0 Å². The van der Waals surface area contributed by atoms with Gasteiger partial charge in [0.15, 0.2) is 0 Å². The average molecular weight is 159 g/mol. The van der Waals surface area contributed by atoms with Gasteiger partial charge in [0.05, 0.1) is 13.2 Å². The molecule has 0 amide bonds. The summed E-state index contributed by atoms with van der Waals surface area (Å²) in [7, 11) is 1.84. The zero-order valence-corrected chi connectivity index (χ0v) is 7.50. The van der Waals surface area contributed by atoms with Gasteiger partial charge in [-0.3, -0.25) is 9.69 Å². The van der Waals surface area contributed by atoms with Crippen LogP contribution in [0.25, 0.3) is 0 Å². The molecule has 0 heterocycles. The molecule has 66 valence electrons. The van der Waals surface area contributed by atoms with Crippen molar-refractivity contribution in [2.75, 3.05) is 20.2 Å². The number of nitrogens with zero attached hydrogens (tertiary/aromatic N) is 1. The summed E-state index contributed by atoms with van der Waals surface area (Å²) in [5.74, 6) is 0.216. The second kappa shape index (κ2) is 5.27. The molecule has 0 aliphatic rings. The summed E-state index contributed by atoms with van der Waals surface area (Å²) in [6.45, 7) is 4.29. The number of Topliss-reactive ketones (excluding diaryl/α,β-unsaturated/α-hetero) is 1. The summed E-state index contributed by atoms with van der Waals surface area (Å²) >= 11 is 0. The molecule has 3 heteroatoms. The van der Waals surface area contributed by atoms with E-state index in [0.29, 0.717) is 13.0 Å². The molecule has 0 rings (SSSR count). The van der Waals surface area contributed by atoms with Gasteiger partial charge in [-0.25, -0.2) is 0 Å². The zero-order valence-electron chi connectivity index (χ0n) is 7.50. The molecular weight excluding hydrogens is 142 g/mol. The first kappa shape index (κ1) is 10.6. The van der Waals surface area contributed by atoms with E-state index in [9.17, 15) is 4.79 Å². The minimum absolute atomic E-state index is 0.0745. The lowest BCUT2D eigenvalue weighted by Gasteiger charge is -2.21. The topological polar surface area (TPSA) is 40.5 Å². The highest BCUT2D eigenvalue weighted by Crippen LogP contribution is 1.94. The Kier molecular flexibility index (Phi) is 5.07. The first-order valence-corrected chi connectivity index (χ1v) is 3.94.